The van der Waals surface area contributed by atoms with Gasteiger partial charge in [0.15, 0.2) is 0 Å². The predicted octanol–water partition coefficient (Wildman–Crippen LogP) is 3.48. The number of benzene rings is 1. The van der Waals surface area contributed by atoms with E-state index in [0.717, 1.165) is 11.3 Å². The van der Waals surface area contributed by atoms with Crippen LogP contribution in [0.25, 0.3) is 0 Å². The van der Waals surface area contributed by atoms with Crippen molar-refractivity contribution < 1.29 is 0 Å². The van der Waals surface area contributed by atoms with Gasteiger partial charge in [0, 0.05) is 19.7 Å². The third-order valence-electron chi connectivity index (χ3n) is 1.79. The molecule has 0 aromatic heterocycles. The lowest BCUT2D eigenvalue weighted by Gasteiger charge is -2.03. The quantitative estimate of drug-likeness (QED) is 0.339. The number of hydrogen-bond acceptors (Lipinski definition) is 2. The van der Waals surface area contributed by atoms with Crippen LogP contribution >= 0.6 is 0 Å². The maximum atomic E-state index is 4.07. The molecule has 17 heavy (non-hydrogen) atoms. The van der Waals surface area contributed by atoms with Crippen LogP contribution in [-0.2, 0) is 0 Å². The summed E-state index contributed by atoms with van der Waals surface area (Å²) in [7, 11) is 2.40. The third kappa shape index (κ3) is 5.88. The summed E-state index contributed by atoms with van der Waals surface area (Å²) in [5.41, 5.74) is 5.22. The first-order valence-corrected chi connectivity index (χ1v) is 9.09. The normalized spacial score (nSPS) is 11.1. The molecule has 0 amide bonds. The minimum Gasteiger partial charge on any atom is -0.285 e. The Morgan fingerprint density at radius 2 is 1.65 bits per heavy atom. The van der Waals surface area contributed by atoms with Crippen molar-refractivity contribution in [2.75, 3.05) is 14.1 Å². The molecule has 0 N–H and O–H groups in total. The van der Waals surface area contributed by atoms with Gasteiger partial charge in [-0.25, -0.2) is 0 Å². The smallest absolute Gasteiger partial charge is 0.129 e. The third-order valence-corrected chi connectivity index (χ3v) is 2.66. The molecule has 4 heteroatoms. The molecule has 0 atom stereocenters. The molecule has 1 aromatic rings. The summed E-state index contributed by atoms with van der Waals surface area (Å²) in [5.74, 6) is 3.21. The van der Waals surface area contributed by atoms with Gasteiger partial charge >= 0.3 is 0 Å². The van der Waals surface area contributed by atoms with E-state index in [9.17, 15) is 0 Å². The van der Waals surface area contributed by atoms with Crippen LogP contribution in [0.5, 0.6) is 0 Å². The molecule has 0 saturated carbocycles. The molecular formula is C13H19N3Si. The fourth-order valence-electron chi connectivity index (χ4n) is 1.01. The first-order chi connectivity index (χ1) is 7.87. The highest BCUT2D eigenvalue weighted by atomic mass is 28.3. The Labute approximate surface area is 105 Å². The second-order valence-corrected chi connectivity index (χ2v) is 9.83. The fourth-order valence-corrected chi connectivity index (χ4v) is 1.53. The zero-order valence-electron chi connectivity index (χ0n) is 11.2. The molecule has 0 unspecified atom stereocenters. The van der Waals surface area contributed by atoms with Crippen molar-refractivity contribution in [3.05, 3.63) is 29.8 Å². The molecule has 1 rings (SSSR count). The summed E-state index contributed by atoms with van der Waals surface area (Å²) in [5, 5.41) is 9.67. The van der Waals surface area contributed by atoms with Gasteiger partial charge in [-0.15, -0.1) is 10.7 Å². The molecule has 1 aromatic carbocycles. The lowest BCUT2D eigenvalue weighted by molar-refractivity contribution is 0.408. The zero-order chi connectivity index (χ0) is 12.9. The SMILES string of the molecule is CN(C)N=Nc1ccc(C#C[Si](C)(C)C)cc1. The van der Waals surface area contributed by atoms with E-state index in [-0.39, 0.29) is 0 Å². The maximum absolute atomic E-state index is 4.07. The average molecular weight is 245 g/mol. The molecular weight excluding hydrogens is 226 g/mol. The van der Waals surface area contributed by atoms with Crippen LogP contribution in [0.15, 0.2) is 34.6 Å². The van der Waals surface area contributed by atoms with Gasteiger partial charge in [-0.3, -0.25) is 5.01 Å². The largest absolute Gasteiger partial charge is 0.285 e. The molecule has 0 saturated heterocycles. The highest BCUT2D eigenvalue weighted by Crippen LogP contribution is 2.13. The van der Waals surface area contributed by atoms with E-state index in [4.69, 9.17) is 0 Å². The van der Waals surface area contributed by atoms with E-state index in [1.807, 2.05) is 38.4 Å². The molecule has 0 aliphatic heterocycles. The van der Waals surface area contributed by atoms with Gasteiger partial charge in [0.1, 0.15) is 8.07 Å². The topological polar surface area (TPSA) is 28.0 Å². The first-order valence-electron chi connectivity index (χ1n) is 5.59. The maximum Gasteiger partial charge on any atom is 0.129 e. The first kappa shape index (κ1) is 13.5. The van der Waals surface area contributed by atoms with Crippen molar-refractivity contribution in [3.63, 3.8) is 0 Å². The predicted molar refractivity (Wildman–Crippen MR) is 74.9 cm³/mol. The van der Waals surface area contributed by atoms with Gasteiger partial charge in [-0.05, 0) is 24.3 Å². The fraction of sp³-hybridized carbons (Fsp3) is 0.385. The minimum absolute atomic E-state index is 0.845. The molecule has 0 fully saturated rings. The van der Waals surface area contributed by atoms with Crippen LogP contribution < -0.4 is 0 Å². The monoisotopic (exact) mass is 245 g/mol. The van der Waals surface area contributed by atoms with Crippen molar-refractivity contribution in [2.45, 2.75) is 19.6 Å². The average Bonchev–Trinajstić information content (AvgIpc) is 2.24. The van der Waals surface area contributed by atoms with Crippen molar-refractivity contribution in [1.29, 1.82) is 0 Å². The van der Waals surface area contributed by atoms with Gasteiger partial charge in [0.2, 0.25) is 0 Å². The summed E-state index contributed by atoms with van der Waals surface area (Å²) in [4.78, 5) is 0. The highest BCUT2D eigenvalue weighted by Gasteiger charge is 2.07. The van der Waals surface area contributed by atoms with Crippen LogP contribution in [0, 0.1) is 11.5 Å². The summed E-state index contributed by atoms with van der Waals surface area (Å²) in [6.45, 7) is 6.71. The number of rotatable bonds is 2. The molecule has 3 nitrogen and oxygen atoms in total. The second-order valence-electron chi connectivity index (χ2n) is 5.08. The van der Waals surface area contributed by atoms with Crippen molar-refractivity contribution >= 4 is 13.8 Å². The van der Waals surface area contributed by atoms with Gasteiger partial charge in [-0.1, -0.05) is 30.8 Å². The zero-order valence-corrected chi connectivity index (χ0v) is 12.2. The van der Waals surface area contributed by atoms with E-state index >= 15 is 0 Å². The van der Waals surface area contributed by atoms with Gasteiger partial charge in [-0.2, -0.15) is 0 Å². The van der Waals surface area contributed by atoms with Gasteiger partial charge < -0.3 is 0 Å². The lowest BCUT2D eigenvalue weighted by atomic mass is 10.2. The Balaban J connectivity index is 2.78. The Hall–Kier alpha value is -1.60. The molecule has 0 spiro atoms. The number of nitrogens with zero attached hydrogens (tertiary/aromatic N) is 3. The number of hydrogen-bond donors (Lipinski definition) is 0. The molecule has 0 radical (unpaired) electrons. The van der Waals surface area contributed by atoms with Crippen LogP contribution in [0.3, 0.4) is 0 Å². The highest BCUT2D eigenvalue weighted by molar-refractivity contribution is 6.83. The molecule has 90 valence electrons. The molecule has 0 bridgehead atoms. The van der Waals surface area contributed by atoms with Crippen molar-refractivity contribution in [3.8, 4) is 11.5 Å². The van der Waals surface area contributed by atoms with E-state index in [1.165, 1.54) is 0 Å². The standard InChI is InChI=1S/C13H19N3Si/c1-16(2)15-14-13-8-6-12(7-9-13)10-11-17(3,4)5/h6-9H,1-5H3. The summed E-state index contributed by atoms with van der Waals surface area (Å²) >= 11 is 0. The van der Waals surface area contributed by atoms with Crippen LogP contribution in [0.1, 0.15) is 5.56 Å². The summed E-state index contributed by atoms with van der Waals surface area (Å²) in [6.07, 6.45) is 0. The van der Waals surface area contributed by atoms with E-state index in [0.29, 0.717) is 0 Å². The summed E-state index contributed by atoms with van der Waals surface area (Å²) in [6, 6.07) is 7.83. The van der Waals surface area contributed by atoms with E-state index in [2.05, 4.69) is 41.4 Å². The Bertz CT molecular complexity index is 444. The molecule has 0 aliphatic rings. The molecule has 0 heterocycles. The Morgan fingerprint density at radius 1 is 1.06 bits per heavy atom. The summed E-state index contributed by atoms with van der Waals surface area (Å²) < 4.78 is 0. The molecule has 0 aliphatic carbocycles. The van der Waals surface area contributed by atoms with Gasteiger partial charge in [0.25, 0.3) is 0 Å². The van der Waals surface area contributed by atoms with Crippen molar-refractivity contribution in [2.24, 2.45) is 10.3 Å². The van der Waals surface area contributed by atoms with Crippen LogP contribution in [0.2, 0.25) is 19.6 Å². The minimum atomic E-state index is -1.29. The second kappa shape index (κ2) is 5.64. The van der Waals surface area contributed by atoms with E-state index in [1.54, 1.807) is 5.01 Å². The van der Waals surface area contributed by atoms with Crippen LogP contribution in [-0.4, -0.2) is 27.2 Å². The lowest BCUT2D eigenvalue weighted by Crippen LogP contribution is -2.16. The van der Waals surface area contributed by atoms with Crippen molar-refractivity contribution in [1.82, 2.24) is 5.01 Å². The van der Waals surface area contributed by atoms with E-state index < -0.39 is 8.07 Å². The van der Waals surface area contributed by atoms with Gasteiger partial charge in [0.05, 0.1) is 5.69 Å². The Kier molecular flexibility index (Phi) is 4.47. The Morgan fingerprint density at radius 3 is 2.12 bits per heavy atom. The van der Waals surface area contributed by atoms with Crippen LogP contribution in [0.4, 0.5) is 5.69 Å².